The lowest BCUT2D eigenvalue weighted by atomic mass is 10.2. The Kier molecular flexibility index (Phi) is 6.00. The Morgan fingerprint density at radius 3 is 2.67 bits per heavy atom. The Hall–Kier alpha value is -1.03. The number of aryl methyl sites for hydroxylation is 1. The van der Waals surface area contributed by atoms with E-state index in [0.717, 1.165) is 6.07 Å². The van der Waals surface area contributed by atoms with Crippen molar-refractivity contribution in [1.29, 1.82) is 0 Å². The van der Waals surface area contributed by atoms with Crippen LogP contribution < -0.4 is 5.32 Å². The summed E-state index contributed by atoms with van der Waals surface area (Å²) in [7, 11) is -5.76. The molecule has 0 spiro atoms. The maximum atomic E-state index is 13.4. The van der Waals surface area contributed by atoms with Crippen LogP contribution in [0.25, 0.3) is 0 Å². The minimum absolute atomic E-state index is 0.0489. The van der Waals surface area contributed by atoms with Crippen LogP contribution in [-0.4, -0.2) is 59.9 Å². The summed E-state index contributed by atoms with van der Waals surface area (Å²) in [5.41, 5.74) is 0.210. The lowest BCUT2D eigenvalue weighted by molar-refractivity contribution is 0.193. The third kappa shape index (κ3) is 4.33. The molecule has 2 rings (SSSR count). The van der Waals surface area contributed by atoms with Crippen LogP contribution in [0.1, 0.15) is 12.0 Å². The molecule has 1 heterocycles. The maximum absolute atomic E-state index is 13.4. The van der Waals surface area contributed by atoms with E-state index in [4.69, 9.17) is 4.74 Å². The second kappa shape index (κ2) is 7.47. The average molecular weight is 379 g/mol. The van der Waals surface area contributed by atoms with Crippen molar-refractivity contribution in [2.45, 2.75) is 29.5 Å². The molecule has 6 nitrogen and oxygen atoms in total. The fraction of sp³-hybridized carbons (Fsp3) is 0.600. The molecule has 9 heteroatoms. The third-order valence-electron chi connectivity index (χ3n) is 4.09. The molecule has 0 radical (unpaired) electrons. The molecule has 1 fully saturated rings. The van der Waals surface area contributed by atoms with Gasteiger partial charge in [-0.2, -0.15) is 0 Å². The smallest absolute Gasteiger partial charge is 0.183 e. The van der Waals surface area contributed by atoms with Crippen molar-refractivity contribution < 1.29 is 26.0 Å². The largest absolute Gasteiger partial charge is 0.385 e. The van der Waals surface area contributed by atoms with Gasteiger partial charge in [-0.05, 0) is 43.7 Å². The van der Waals surface area contributed by atoms with Crippen LogP contribution in [0.15, 0.2) is 23.1 Å². The first-order valence-corrected chi connectivity index (χ1v) is 11.0. The summed E-state index contributed by atoms with van der Waals surface area (Å²) in [6.45, 7) is 2.43. The van der Waals surface area contributed by atoms with Crippen molar-refractivity contribution in [2.24, 2.45) is 0 Å². The average Bonchev–Trinajstić information content (AvgIpc) is 2.82. The predicted octanol–water partition coefficient (Wildman–Crippen LogP) is 0.700. The van der Waals surface area contributed by atoms with Crippen molar-refractivity contribution in [1.82, 2.24) is 5.32 Å². The van der Waals surface area contributed by atoms with Crippen LogP contribution in [0, 0.1) is 12.7 Å². The lowest BCUT2D eigenvalue weighted by Crippen LogP contribution is -2.43. The summed E-state index contributed by atoms with van der Waals surface area (Å²) in [5.74, 6) is -1.14. The molecule has 0 aliphatic carbocycles. The molecule has 1 aliphatic rings. The molecule has 1 aromatic carbocycles. The molecule has 136 valence electrons. The molecule has 1 N–H and O–H groups in total. The van der Waals surface area contributed by atoms with Crippen LogP contribution >= 0.6 is 0 Å². The van der Waals surface area contributed by atoms with Crippen LogP contribution in [0.3, 0.4) is 0 Å². The number of halogens is 1. The molecule has 0 amide bonds. The highest BCUT2D eigenvalue weighted by molar-refractivity contribution is 7.96. The van der Waals surface area contributed by atoms with E-state index >= 15 is 0 Å². The van der Waals surface area contributed by atoms with Gasteiger partial charge in [0.2, 0.25) is 0 Å². The SMILES string of the molecule is COCCCN[C@@H]1CS(=O)(=O)C[C@H]1S(=O)(=O)c1ccc(F)c(C)c1. The Morgan fingerprint density at radius 1 is 1.33 bits per heavy atom. The van der Waals surface area contributed by atoms with Gasteiger partial charge < -0.3 is 10.1 Å². The van der Waals surface area contributed by atoms with Gasteiger partial charge in [0.15, 0.2) is 19.7 Å². The molecular formula is C15H22FNO5S2. The number of ether oxygens (including phenoxy) is 1. The molecule has 0 saturated carbocycles. The van der Waals surface area contributed by atoms with E-state index in [1.807, 2.05) is 0 Å². The normalized spacial score (nSPS) is 23.5. The quantitative estimate of drug-likeness (QED) is 0.554. The van der Waals surface area contributed by atoms with Crippen LogP contribution in [0.4, 0.5) is 4.39 Å². The molecule has 0 bridgehead atoms. The molecule has 0 unspecified atom stereocenters. The van der Waals surface area contributed by atoms with E-state index in [2.05, 4.69) is 5.32 Å². The number of nitrogens with one attached hydrogen (secondary N) is 1. The van der Waals surface area contributed by atoms with Gasteiger partial charge >= 0.3 is 0 Å². The maximum Gasteiger partial charge on any atom is 0.183 e. The van der Waals surface area contributed by atoms with Crippen molar-refractivity contribution in [3.8, 4) is 0 Å². The third-order valence-corrected chi connectivity index (χ3v) is 8.24. The highest BCUT2D eigenvalue weighted by atomic mass is 32.2. The summed E-state index contributed by atoms with van der Waals surface area (Å²) in [6.07, 6.45) is 0.648. The standard InChI is InChI=1S/C15H22FNO5S2/c1-11-8-12(4-5-13(11)16)24(20,21)15-10-23(18,19)9-14(15)17-6-3-7-22-2/h4-5,8,14-15,17H,3,6-7,9-10H2,1-2H3/t14-,15-/m1/s1. The predicted molar refractivity (Wildman–Crippen MR) is 89.0 cm³/mol. The topological polar surface area (TPSA) is 89.5 Å². The van der Waals surface area contributed by atoms with Crippen LogP contribution in [0.5, 0.6) is 0 Å². The Balaban J connectivity index is 2.26. The molecule has 1 saturated heterocycles. The van der Waals surface area contributed by atoms with Crippen LogP contribution in [0.2, 0.25) is 0 Å². The molecule has 24 heavy (non-hydrogen) atoms. The van der Waals surface area contributed by atoms with Crippen molar-refractivity contribution in [2.75, 3.05) is 31.8 Å². The van der Waals surface area contributed by atoms with E-state index in [1.165, 1.54) is 19.1 Å². The van der Waals surface area contributed by atoms with Gasteiger partial charge in [-0.3, -0.25) is 0 Å². The fourth-order valence-electron chi connectivity index (χ4n) is 2.78. The van der Waals surface area contributed by atoms with E-state index in [0.29, 0.717) is 19.6 Å². The van der Waals surface area contributed by atoms with Crippen LogP contribution in [-0.2, 0) is 24.4 Å². The summed E-state index contributed by atoms with van der Waals surface area (Å²) < 4.78 is 67.9. The summed E-state index contributed by atoms with van der Waals surface area (Å²) >= 11 is 0. The van der Waals surface area contributed by atoms with Gasteiger partial charge in [0.05, 0.1) is 21.7 Å². The zero-order valence-electron chi connectivity index (χ0n) is 13.7. The fourth-order valence-corrected chi connectivity index (χ4v) is 7.58. The zero-order chi connectivity index (χ0) is 18.0. The summed E-state index contributed by atoms with van der Waals surface area (Å²) in [5, 5.41) is 1.94. The Labute approximate surface area is 142 Å². The van der Waals surface area contributed by atoms with Crippen molar-refractivity contribution in [3.05, 3.63) is 29.6 Å². The van der Waals surface area contributed by atoms with Gasteiger partial charge in [0.25, 0.3) is 0 Å². The molecule has 2 atom stereocenters. The van der Waals surface area contributed by atoms with Gasteiger partial charge in [-0.1, -0.05) is 0 Å². The first kappa shape index (κ1) is 19.3. The van der Waals surface area contributed by atoms with E-state index in [1.54, 1.807) is 7.11 Å². The summed E-state index contributed by atoms with van der Waals surface area (Å²) in [6, 6.07) is 2.84. The molecule has 1 aliphatic heterocycles. The second-order valence-electron chi connectivity index (χ2n) is 5.98. The Morgan fingerprint density at radius 2 is 2.04 bits per heavy atom. The molecule has 1 aromatic rings. The van der Waals surface area contributed by atoms with Gasteiger partial charge in [-0.15, -0.1) is 0 Å². The summed E-state index contributed by atoms with van der Waals surface area (Å²) in [4.78, 5) is -0.0489. The number of rotatable bonds is 7. The van der Waals surface area contributed by atoms with Crippen molar-refractivity contribution in [3.63, 3.8) is 0 Å². The zero-order valence-corrected chi connectivity index (χ0v) is 15.3. The monoisotopic (exact) mass is 379 g/mol. The number of benzene rings is 1. The molecule has 0 aromatic heterocycles. The minimum atomic E-state index is -3.88. The highest BCUT2D eigenvalue weighted by Crippen LogP contribution is 2.27. The van der Waals surface area contributed by atoms with E-state index in [-0.39, 0.29) is 16.2 Å². The van der Waals surface area contributed by atoms with Crippen molar-refractivity contribution >= 4 is 19.7 Å². The van der Waals surface area contributed by atoms with Gasteiger partial charge in [0.1, 0.15) is 5.82 Å². The van der Waals surface area contributed by atoms with E-state index < -0.39 is 42.5 Å². The number of sulfone groups is 2. The minimum Gasteiger partial charge on any atom is -0.385 e. The van der Waals surface area contributed by atoms with E-state index in [9.17, 15) is 21.2 Å². The van der Waals surface area contributed by atoms with Gasteiger partial charge in [0, 0.05) is 19.8 Å². The first-order valence-electron chi connectivity index (χ1n) is 7.60. The Bertz CT molecular complexity index is 792. The number of hydrogen-bond donors (Lipinski definition) is 1. The molecular weight excluding hydrogens is 357 g/mol. The number of methoxy groups -OCH3 is 1. The lowest BCUT2D eigenvalue weighted by Gasteiger charge is -2.20. The van der Waals surface area contributed by atoms with Gasteiger partial charge in [-0.25, -0.2) is 21.2 Å². The highest BCUT2D eigenvalue weighted by Gasteiger charge is 2.45. The second-order valence-corrected chi connectivity index (χ2v) is 10.3. The number of hydrogen-bond acceptors (Lipinski definition) is 6. The first-order chi connectivity index (χ1) is 11.2.